The van der Waals surface area contributed by atoms with Crippen LogP contribution in [0.15, 0.2) is 12.7 Å². The van der Waals surface area contributed by atoms with Crippen molar-refractivity contribution in [3.8, 4) is 0 Å². The second kappa shape index (κ2) is 4.06. The van der Waals surface area contributed by atoms with Gasteiger partial charge in [-0.2, -0.15) is 0 Å². The van der Waals surface area contributed by atoms with Gasteiger partial charge in [0.1, 0.15) is 0 Å². The number of hydrogen-bond acceptors (Lipinski definition) is 1. The molecule has 0 N–H and O–H groups in total. The predicted molar refractivity (Wildman–Crippen MR) is 61.3 cm³/mol. The van der Waals surface area contributed by atoms with Gasteiger partial charge >= 0.3 is 0 Å². The van der Waals surface area contributed by atoms with Crippen molar-refractivity contribution in [3.05, 3.63) is 12.7 Å². The minimum Gasteiger partial charge on any atom is -0.374 e. The summed E-state index contributed by atoms with van der Waals surface area (Å²) in [6.07, 6.45) is 3.95. The monoisotopic (exact) mass is 196 g/mol. The molecule has 1 heteroatoms. The Bertz CT molecular complexity index is 207. The molecule has 82 valence electrons. The topological polar surface area (TPSA) is 9.23 Å². The summed E-state index contributed by atoms with van der Waals surface area (Å²) in [4.78, 5) is 0. The highest BCUT2D eigenvalue weighted by atomic mass is 16.5. The van der Waals surface area contributed by atoms with Crippen LogP contribution in [0.25, 0.3) is 0 Å². The summed E-state index contributed by atoms with van der Waals surface area (Å²) in [6.45, 7) is 15.2. The van der Waals surface area contributed by atoms with Crippen molar-refractivity contribution >= 4 is 0 Å². The van der Waals surface area contributed by atoms with E-state index in [0.717, 1.165) is 6.42 Å². The minimum absolute atomic E-state index is 0.170. The molecule has 1 nitrogen and oxygen atoms in total. The van der Waals surface area contributed by atoms with Gasteiger partial charge in [-0.25, -0.2) is 0 Å². The maximum Gasteiger partial charge on any atom is 0.0690 e. The van der Waals surface area contributed by atoms with Crippen molar-refractivity contribution < 1.29 is 4.74 Å². The van der Waals surface area contributed by atoms with E-state index in [4.69, 9.17) is 4.74 Å². The van der Waals surface area contributed by atoms with Gasteiger partial charge in [-0.05, 0) is 18.3 Å². The van der Waals surface area contributed by atoms with Crippen LogP contribution in [0.5, 0.6) is 0 Å². The SMILES string of the molecule is C=C[C@]1(C)C[C@H](C(C)C)O[C@@H]1C(C)C. The van der Waals surface area contributed by atoms with E-state index < -0.39 is 0 Å². The van der Waals surface area contributed by atoms with Gasteiger partial charge in [0.25, 0.3) is 0 Å². The van der Waals surface area contributed by atoms with Crippen LogP contribution in [0.3, 0.4) is 0 Å². The Labute approximate surface area is 88.5 Å². The first-order valence-corrected chi connectivity index (χ1v) is 5.69. The van der Waals surface area contributed by atoms with E-state index in [-0.39, 0.29) is 5.41 Å². The standard InChI is InChI=1S/C13H24O/c1-7-13(6)8-11(9(2)3)14-12(13)10(4)5/h7,9-12H,1,8H2,2-6H3/t11-,12-,13-/m1/s1. The lowest BCUT2D eigenvalue weighted by atomic mass is 9.77. The van der Waals surface area contributed by atoms with E-state index in [0.29, 0.717) is 24.0 Å². The fraction of sp³-hybridized carbons (Fsp3) is 0.846. The Hall–Kier alpha value is -0.300. The minimum atomic E-state index is 0.170. The van der Waals surface area contributed by atoms with E-state index >= 15 is 0 Å². The molecule has 1 rings (SSSR count). The first-order valence-electron chi connectivity index (χ1n) is 5.69. The second-order valence-corrected chi connectivity index (χ2v) is 5.50. The largest absolute Gasteiger partial charge is 0.374 e. The summed E-state index contributed by atoms with van der Waals surface area (Å²) >= 11 is 0. The smallest absolute Gasteiger partial charge is 0.0690 e. The number of rotatable bonds is 3. The fourth-order valence-electron chi connectivity index (χ4n) is 2.45. The average Bonchev–Trinajstić information content (AvgIpc) is 2.44. The lowest BCUT2D eigenvalue weighted by Crippen LogP contribution is -2.30. The maximum absolute atomic E-state index is 6.12. The lowest BCUT2D eigenvalue weighted by Gasteiger charge is -2.29. The van der Waals surface area contributed by atoms with Crippen molar-refractivity contribution in [1.82, 2.24) is 0 Å². The van der Waals surface area contributed by atoms with Gasteiger partial charge < -0.3 is 4.74 Å². The average molecular weight is 196 g/mol. The molecule has 1 aliphatic heterocycles. The Kier molecular flexibility index (Phi) is 3.41. The summed E-state index contributed by atoms with van der Waals surface area (Å²) in [5.74, 6) is 1.18. The van der Waals surface area contributed by atoms with Crippen LogP contribution in [0.1, 0.15) is 41.0 Å². The highest BCUT2D eigenvalue weighted by Gasteiger charge is 2.44. The molecule has 1 saturated heterocycles. The van der Waals surface area contributed by atoms with Crippen molar-refractivity contribution in [3.63, 3.8) is 0 Å². The summed E-state index contributed by atoms with van der Waals surface area (Å²) in [5.41, 5.74) is 0.170. The van der Waals surface area contributed by atoms with Gasteiger partial charge in [0.2, 0.25) is 0 Å². The van der Waals surface area contributed by atoms with E-state index in [1.165, 1.54) is 0 Å². The van der Waals surface area contributed by atoms with E-state index in [9.17, 15) is 0 Å². The molecule has 14 heavy (non-hydrogen) atoms. The Morgan fingerprint density at radius 1 is 1.29 bits per heavy atom. The molecule has 0 amide bonds. The highest BCUT2D eigenvalue weighted by Crippen LogP contribution is 2.44. The van der Waals surface area contributed by atoms with Crippen molar-refractivity contribution in [1.29, 1.82) is 0 Å². The highest BCUT2D eigenvalue weighted by molar-refractivity contribution is 5.04. The second-order valence-electron chi connectivity index (χ2n) is 5.50. The summed E-state index contributed by atoms with van der Waals surface area (Å²) in [5, 5.41) is 0. The maximum atomic E-state index is 6.12. The van der Waals surface area contributed by atoms with Gasteiger partial charge in [-0.3, -0.25) is 0 Å². The zero-order chi connectivity index (χ0) is 10.9. The van der Waals surface area contributed by atoms with Gasteiger partial charge in [-0.1, -0.05) is 40.7 Å². The number of hydrogen-bond donors (Lipinski definition) is 0. The molecule has 0 radical (unpaired) electrons. The number of ether oxygens (including phenoxy) is 1. The van der Waals surface area contributed by atoms with E-state index in [1.807, 2.05) is 0 Å². The molecule has 0 spiro atoms. The first kappa shape index (κ1) is 11.8. The van der Waals surface area contributed by atoms with E-state index in [1.54, 1.807) is 0 Å². The molecular weight excluding hydrogens is 172 g/mol. The molecule has 0 aromatic carbocycles. The molecule has 0 unspecified atom stereocenters. The van der Waals surface area contributed by atoms with Crippen LogP contribution in [0.2, 0.25) is 0 Å². The predicted octanol–water partition coefficient (Wildman–Crippen LogP) is 3.65. The Morgan fingerprint density at radius 3 is 2.14 bits per heavy atom. The van der Waals surface area contributed by atoms with Crippen molar-refractivity contribution in [2.45, 2.75) is 53.2 Å². The van der Waals surface area contributed by atoms with Crippen LogP contribution >= 0.6 is 0 Å². The van der Waals surface area contributed by atoms with Crippen LogP contribution < -0.4 is 0 Å². The zero-order valence-corrected chi connectivity index (χ0v) is 10.2. The quantitative estimate of drug-likeness (QED) is 0.626. The summed E-state index contributed by atoms with van der Waals surface area (Å²) in [6, 6.07) is 0. The van der Waals surface area contributed by atoms with Crippen LogP contribution in [0, 0.1) is 17.3 Å². The first-order chi connectivity index (χ1) is 6.40. The molecule has 0 aliphatic carbocycles. The molecular formula is C13H24O. The molecule has 0 aromatic rings. The summed E-state index contributed by atoms with van der Waals surface area (Å²) < 4.78 is 6.12. The van der Waals surface area contributed by atoms with Gasteiger partial charge in [0.05, 0.1) is 12.2 Å². The molecule has 3 atom stereocenters. The molecule has 1 heterocycles. The molecule has 0 bridgehead atoms. The molecule has 0 saturated carbocycles. The Balaban J connectivity index is 2.80. The van der Waals surface area contributed by atoms with Gasteiger partial charge in [0, 0.05) is 5.41 Å². The zero-order valence-electron chi connectivity index (χ0n) is 10.2. The van der Waals surface area contributed by atoms with Gasteiger partial charge in [0.15, 0.2) is 0 Å². The third-order valence-corrected chi connectivity index (χ3v) is 3.43. The van der Waals surface area contributed by atoms with Crippen LogP contribution in [0.4, 0.5) is 0 Å². The van der Waals surface area contributed by atoms with E-state index in [2.05, 4.69) is 47.3 Å². The van der Waals surface area contributed by atoms with Crippen LogP contribution in [-0.2, 0) is 4.74 Å². The third kappa shape index (κ3) is 2.03. The molecule has 1 aliphatic rings. The molecule has 0 aromatic heterocycles. The van der Waals surface area contributed by atoms with Crippen LogP contribution in [-0.4, -0.2) is 12.2 Å². The van der Waals surface area contributed by atoms with Crippen molar-refractivity contribution in [2.75, 3.05) is 0 Å². The van der Waals surface area contributed by atoms with Gasteiger partial charge in [-0.15, -0.1) is 6.58 Å². The normalized spacial score (nSPS) is 38.2. The lowest BCUT2D eigenvalue weighted by molar-refractivity contribution is -0.0199. The molecule has 1 fully saturated rings. The fourth-order valence-corrected chi connectivity index (χ4v) is 2.45. The summed E-state index contributed by atoms with van der Waals surface area (Å²) in [7, 11) is 0. The van der Waals surface area contributed by atoms with Crippen molar-refractivity contribution in [2.24, 2.45) is 17.3 Å². The third-order valence-electron chi connectivity index (χ3n) is 3.43. The Morgan fingerprint density at radius 2 is 1.86 bits per heavy atom.